The number of hydrogen-bond donors (Lipinski definition) is 3. The lowest BCUT2D eigenvalue weighted by Gasteiger charge is -2.21. The fraction of sp³-hybridized carbons (Fsp3) is 0.582. The van der Waals surface area contributed by atoms with E-state index in [0.29, 0.717) is 38.5 Å². The number of unbranched alkanes of at least 4 members (excludes halogenated alkanes) is 15. The number of aliphatic hydroxyl groups is 1. The Kier molecular flexibility index (Phi) is 76.0. The molecule has 0 saturated heterocycles. The van der Waals surface area contributed by atoms with Crippen molar-refractivity contribution in [2.24, 2.45) is 0 Å². The van der Waals surface area contributed by atoms with Gasteiger partial charge in [-0.05, 0) is 148 Å². The van der Waals surface area contributed by atoms with Crippen LogP contribution in [-0.2, 0) is 65.4 Å². The summed E-state index contributed by atoms with van der Waals surface area (Å²) >= 11 is 0. The maximum absolute atomic E-state index is 13.1. The van der Waals surface area contributed by atoms with Crippen LogP contribution in [0.1, 0.15) is 285 Å². The van der Waals surface area contributed by atoms with Crippen LogP contribution >= 0.6 is 15.6 Å². The van der Waals surface area contributed by atoms with E-state index in [1.165, 1.54) is 51.4 Å². The van der Waals surface area contributed by atoms with Gasteiger partial charge in [-0.25, -0.2) is 9.13 Å². The number of carbonyl (C=O) groups is 4. The van der Waals surface area contributed by atoms with Crippen LogP contribution < -0.4 is 0 Å². The number of hydrogen-bond acceptors (Lipinski definition) is 15. The van der Waals surface area contributed by atoms with E-state index in [9.17, 15) is 43.2 Å². The lowest BCUT2D eigenvalue weighted by molar-refractivity contribution is -0.161. The molecule has 0 heterocycles. The van der Waals surface area contributed by atoms with Crippen molar-refractivity contribution in [2.45, 2.75) is 303 Å². The van der Waals surface area contributed by atoms with E-state index >= 15 is 0 Å². The third-order valence-electron chi connectivity index (χ3n) is 16.3. The molecular formula is C91H144O17P2. The zero-order valence-corrected chi connectivity index (χ0v) is 69.6. The molecule has 0 fully saturated rings. The van der Waals surface area contributed by atoms with Gasteiger partial charge in [0.25, 0.3) is 0 Å². The summed E-state index contributed by atoms with van der Waals surface area (Å²) in [7, 11) is -10.0. The molecule has 0 aliphatic heterocycles. The number of aliphatic hydroxyl groups excluding tert-OH is 1. The van der Waals surface area contributed by atoms with E-state index in [4.69, 9.17) is 37.0 Å². The second kappa shape index (κ2) is 80.7. The van der Waals surface area contributed by atoms with Crippen molar-refractivity contribution in [1.29, 1.82) is 0 Å². The molecule has 3 N–H and O–H groups in total. The molecule has 0 aromatic carbocycles. The number of ether oxygens (including phenoxy) is 4. The minimum Gasteiger partial charge on any atom is -0.462 e. The molecule has 0 rings (SSSR count). The van der Waals surface area contributed by atoms with Crippen LogP contribution in [0.4, 0.5) is 0 Å². The third kappa shape index (κ3) is 79.7. The van der Waals surface area contributed by atoms with Crippen molar-refractivity contribution in [1.82, 2.24) is 0 Å². The molecule has 19 heteroatoms. The van der Waals surface area contributed by atoms with E-state index in [1.54, 1.807) is 0 Å². The van der Waals surface area contributed by atoms with Crippen LogP contribution in [0, 0.1) is 0 Å². The average Bonchev–Trinajstić information content (AvgIpc) is 0.906. The van der Waals surface area contributed by atoms with Gasteiger partial charge in [0.1, 0.15) is 19.3 Å². The SMILES string of the molecule is CC/C=C\C/C=C\C/C=C\C/C=C\C/C=C\C/C=C\CCC(=O)OC[C@H](COP(=O)(O)OC[C@@H](O)COP(=O)(O)OC[C@@H](COC(=O)CCCCCCCCCCCCCCC)OC(=O)CCCCC/C=C\C/C=C\C/C=C\C/C=C\C/C=C\CC)OC(=O)CC/C=C\C/C=C\C/C=C\C/C=C\C/C=C\C/C=C\CC. The summed E-state index contributed by atoms with van der Waals surface area (Å²) in [5.41, 5.74) is 0. The number of phosphoric ester groups is 2. The standard InChI is InChI=1S/C91H144O17P2/c1-5-9-13-17-21-25-29-33-36-39-42-45-48-52-56-60-64-68-72-76-89(94)102-82-87(108-91(96)78-74-70-66-62-58-54-50-47-44-41-38-35-31-27-23-19-15-11-7-3)84-106-110(99,100)104-80-85(92)79-103-109(97,98)105-83-86(81-101-88(93)75-71-67-63-59-55-51-32-28-24-20-16-12-8-4)107-90(95)77-73-69-65-61-57-53-49-46-43-40-37-34-30-26-22-18-14-10-6-2/h9-11,13-15,21-23,25-27,33-38,42-47,52-54,56-58,64,66,68,70,85-87,92H,5-8,12,16-20,24,28-32,39-41,48-51,55,59-63,65,67,69,71-84H2,1-4H3,(H,97,98)(H,99,100)/b13-9-,14-10-,15-11-,25-21-,26-22-,27-23-,36-33-,37-34-,38-35-,45-42-,46-43-,47-44-,56-52-,57-53-,58-54-,68-64-,70-66-/t85-,86+,87+/m0/s1. The molecule has 0 aliphatic carbocycles. The van der Waals surface area contributed by atoms with Crippen LogP contribution in [0.2, 0.25) is 0 Å². The highest BCUT2D eigenvalue weighted by atomic mass is 31.2. The van der Waals surface area contributed by atoms with Gasteiger partial charge in [-0.1, -0.05) is 318 Å². The van der Waals surface area contributed by atoms with Crippen molar-refractivity contribution in [3.8, 4) is 0 Å². The van der Waals surface area contributed by atoms with Crippen LogP contribution in [-0.4, -0.2) is 96.7 Å². The Balaban J connectivity index is 5.57. The molecule has 0 saturated carbocycles. The highest BCUT2D eigenvalue weighted by Crippen LogP contribution is 2.45. The Labute approximate surface area is 665 Å². The Morgan fingerprint density at radius 3 is 0.800 bits per heavy atom. The molecule has 0 amide bonds. The number of esters is 4. The van der Waals surface area contributed by atoms with Crippen molar-refractivity contribution in [2.75, 3.05) is 39.6 Å². The quantitative estimate of drug-likeness (QED) is 0.0169. The molecule has 2 unspecified atom stereocenters. The van der Waals surface area contributed by atoms with Crippen molar-refractivity contribution >= 4 is 39.5 Å². The van der Waals surface area contributed by atoms with Gasteiger partial charge >= 0.3 is 39.5 Å². The van der Waals surface area contributed by atoms with Gasteiger partial charge in [0.05, 0.1) is 26.4 Å². The van der Waals surface area contributed by atoms with Crippen LogP contribution in [0.5, 0.6) is 0 Å². The molecule has 0 aromatic rings. The third-order valence-corrected chi connectivity index (χ3v) is 18.2. The number of allylic oxidation sites excluding steroid dienone is 34. The summed E-state index contributed by atoms with van der Waals surface area (Å²) in [5.74, 6) is -2.43. The van der Waals surface area contributed by atoms with E-state index in [-0.39, 0.29) is 25.7 Å². The zero-order valence-electron chi connectivity index (χ0n) is 67.8. The van der Waals surface area contributed by atoms with Crippen molar-refractivity contribution in [3.63, 3.8) is 0 Å². The summed E-state index contributed by atoms with van der Waals surface area (Å²) < 4.78 is 68.5. The van der Waals surface area contributed by atoms with Crippen LogP contribution in [0.15, 0.2) is 207 Å². The smallest absolute Gasteiger partial charge is 0.462 e. The van der Waals surface area contributed by atoms with Crippen molar-refractivity contribution in [3.05, 3.63) is 207 Å². The van der Waals surface area contributed by atoms with Gasteiger partial charge < -0.3 is 33.8 Å². The minimum atomic E-state index is -5.03. The first-order valence-corrected chi connectivity index (χ1v) is 44.3. The number of phosphoric acid groups is 2. The van der Waals surface area contributed by atoms with Crippen LogP contribution in [0.3, 0.4) is 0 Å². The van der Waals surface area contributed by atoms with E-state index < -0.39 is 97.5 Å². The fourth-order valence-corrected chi connectivity index (χ4v) is 11.7. The predicted molar refractivity (Wildman–Crippen MR) is 454 cm³/mol. The van der Waals surface area contributed by atoms with E-state index in [1.807, 2.05) is 36.5 Å². The Hall–Kier alpha value is -6.36. The molecular weight excluding hydrogens is 1430 g/mol. The molecule has 0 spiro atoms. The maximum Gasteiger partial charge on any atom is 0.472 e. The summed E-state index contributed by atoms with van der Waals surface area (Å²) in [4.78, 5) is 73.1. The number of rotatable bonds is 75. The summed E-state index contributed by atoms with van der Waals surface area (Å²) in [6.45, 7) is 4.30. The lowest BCUT2D eigenvalue weighted by atomic mass is 10.0. The first-order valence-electron chi connectivity index (χ1n) is 41.3. The summed E-state index contributed by atoms with van der Waals surface area (Å²) in [6.07, 6.45) is 101. The van der Waals surface area contributed by atoms with Gasteiger partial charge in [0.2, 0.25) is 0 Å². The second-order valence-corrected chi connectivity index (χ2v) is 29.5. The largest absolute Gasteiger partial charge is 0.472 e. The Morgan fingerprint density at radius 2 is 0.491 bits per heavy atom. The molecule has 17 nitrogen and oxygen atoms in total. The zero-order chi connectivity index (χ0) is 80.3. The van der Waals surface area contributed by atoms with Gasteiger partial charge in [-0.2, -0.15) is 0 Å². The molecule has 0 bridgehead atoms. The van der Waals surface area contributed by atoms with Crippen molar-refractivity contribution < 1.29 is 80.2 Å². The fourth-order valence-electron chi connectivity index (χ4n) is 10.1. The molecule has 0 aliphatic rings. The van der Waals surface area contributed by atoms with Gasteiger partial charge in [0, 0.05) is 25.7 Å². The monoisotopic (exact) mass is 1570 g/mol. The topological polar surface area (TPSA) is 237 Å². The molecule has 0 aromatic heterocycles. The second-order valence-electron chi connectivity index (χ2n) is 26.6. The summed E-state index contributed by atoms with van der Waals surface area (Å²) in [5, 5.41) is 10.7. The van der Waals surface area contributed by atoms with E-state index in [2.05, 4.69) is 198 Å². The normalized spacial score (nSPS) is 14.9. The average molecular weight is 1570 g/mol. The van der Waals surface area contributed by atoms with Crippen LogP contribution in [0.25, 0.3) is 0 Å². The van der Waals surface area contributed by atoms with Gasteiger partial charge in [-0.15, -0.1) is 0 Å². The van der Waals surface area contributed by atoms with E-state index in [0.717, 1.165) is 141 Å². The first kappa shape index (κ1) is 104. The summed E-state index contributed by atoms with van der Waals surface area (Å²) in [6, 6.07) is 0. The Bertz CT molecular complexity index is 2900. The van der Waals surface area contributed by atoms with Gasteiger partial charge in [0.15, 0.2) is 12.2 Å². The van der Waals surface area contributed by atoms with Gasteiger partial charge in [-0.3, -0.25) is 37.3 Å². The highest BCUT2D eigenvalue weighted by molar-refractivity contribution is 7.47. The predicted octanol–water partition coefficient (Wildman–Crippen LogP) is 24.7. The first-order chi connectivity index (χ1) is 53.7. The Morgan fingerprint density at radius 1 is 0.264 bits per heavy atom. The minimum absolute atomic E-state index is 0.0110. The number of carbonyl (C=O) groups excluding carboxylic acids is 4. The molecule has 5 atom stereocenters. The molecule has 110 heavy (non-hydrogen) atoms. The lowest BCUT2D eigenvalue weighted by Crippen LogP contribution is -2.30. The molecule has 0 radical (unpaired) electrons. The highest BCUT2D eigenvalue weighted by Gasteiger charge is 2.30. The molecule has 620 valence electrons. The maximum atomic E-state index is 13.1.